The van der Waals surface area contributed by atoms with Crippen molar-refractivity contribution in [3.63, 3.8) is 0 Å². The van der Waals surface area contributed by atoms with Gasteiger partial charge < -0.3 is 20.3 Å². The van der Waals surface area contributed by atoms with Gasteiger partial charge in [-0.2, -0.15) is 0 Å². The van der Waals surface area contributed by atoms with E-state index in [1.54, 1.807) is 6.08 Å². The lowest BCUT2D eigenvalue weighted by molar-refractivity contribution is -0.148. The molecule has 0 radical (unpaired) electrons. The van der Waals surface area contributed by atoms with Gasteiger partial charge in [0, 0.05) is 6.42 Å². The average Bonchev–Trinajstić information content (AvgIpc) is 3.22. The number of unbranched alkanes of at least 4 members (excludes halogenated alkanes) is 14. The summed E-state index contributed by atoms with van der Waals surface area (Å²) in [6, 6.07) is -0.756. The fourth-order valence-corrected chi connectivity index (χ4v) is 6.22. The van der Waals surface area contributed by atoms with Gasteiger partial charge in [0.15, 0.2) is 0 Å². The first-order chi connectivity index (χ1) is 28.5. The van der Waals surface area contributed by atoms with E-state index in [0.717, 1.165) is 77.0 Å². The van der Waals surface area contributed by atoms with Crippen LogP contribution in [0.3, 0.4) is 0 Å². The summed E-state index contributed by atoms with van der Waals surface area (Å²) in [6.07, 6.45) is 60.3. The molecule has 0 saturated heterocycles. The smallest absolute Gasteiger partial charge is 0.306 e. The fraction of sp³-hybridized carbons (Fsp3) is 0.615. The van der Waals surface area contributed by atoms with Gasteiger partial charge in [0.1, 0.15) is 6.10 Å². The summed E-state index contributed by atoms with van der Waals surface area (Å²) in [6.45, 7) is 6.15. The molecule has 0 rings (SSSR count). The molecular weight excluding hydrogens is 719 g/mol. The van der Waals surface area contributed by atoms with Crippen LogP contribution in [0.4, 0.5) is 0 Å². The Bertz CT molecular complexity index is 1220. The number of allylic oxidation sites excluding steroid dienone is 17. The molecule has 0 bridgehead atoms. The number of ether oxygens (including phenoxy) is 1. The van der Waals surface area contributed by atoms with Gasteiger partial charge in [-0.1, -0.05) is 208 Å². The summed E-state index contributed by atoms with van der Waals surface area (Å²) in [5, 5.41) is 23.6. The van der Waals surface area contributed by atoms with Crippen LogP contribution in [0.15, 0.2) is 109 Å². The number of esters is 1. The van der Waals surface area contributed by atoms with Crippen LogP contribution in [0, 0.1) is 0 Å². The minimum Gasteiger partial charge on any atom is -0.458 e. The first-order valence-electron chi connectivity index (χ1n) is 23.2. The number of carbonyl (C=O) groups is 2. The van der Waals surface area contributed by atoms with E-state index < -0.39 is 18.2 Å². The van der Waals surface area contributed by atoms with Crippen molar-refractivity contribution in [1.82, 2.24) is 5.32 Å². The Hall–Kier alpha value is -3.48. The van der Waals surface area contributed by atoms with Crippen LogP contribution in [-0.2, 0) is 14.3 Å². The van der Waals surface area contributed by atoms with Crippen molar-refractivity contribution in [3.05, 3.63) is 109 Å². The largest absolute Gasteiger partial charge is 0.458 e. The molecule has 3 N–H and O–H groups in total. The molecule has 3 unspecified atom stereocenters. The van der Waals surface area contributed by atoms with Crippen molar-refractivity contribution >= 4 is 11.9 Å². The summed E-state index contributed by atoms with van der Waals surface area (Å²) in [5.74, 6) is -0.688. The van der Waals surface area contributed by atoms with E-state index >= 15 is 0 Å². The van der Waals surface area contributed by atoms with Crippen molar-refractivity contribution in [2.24, 2.45) is 0 Å². The highest BCUT2D eigenvalue weighted by Gasteiger charge is 2.23. The summed E-state index contributed by atoms with van der Waals surface area (Å²) in [5.41, 5.74) is 0. The molecule has 0 aliphatic heterocycles. The topological polar surface area (TPSA) is 95.9 Å². The number of amides is 1. The van der Waals surface area contributed by atoms with Crippen LogP contribution >= 0.6 is 0 Å². The van der Waals surface area contributed by atoms with Crippen LogP contribution in [0.5, 0.6) is 0 Å². The summed E-state index contributed by atoms with van der Waals surface area (Å²) in [7, 11) is 0. The molecule has 1 amide bonds. The highest BCUT2D eigenvalue weighted by molar-refractivity contribution is 5.78. The average molecular weight is 804 g/mol. The Morgan fingerprint density at radius 2 is 1.03 bits per heavy atom. The first kappa shape index (κ1) is 54.5. The Morgan fingerprint density at radius 3 is 1.59 bits per heavy atom. The fourth-order valence-electron chi connectivity index (χ4n) is 6.22. The molecule has 0 saturated carbocycles. The maximum Gasteiger partial charge on any atom is 0.306 e. The molecule has 0 aliphatic rings. The molecule has 3 atom stereocenters. The molecule has 0 aromatic carbocycles. The van der Waals surface area contributed by atoms with Gasteiger partial charge in [-0.05, 0) is 70.3 Å². The lowest BCUT2D eigenvalue weighted by Crippen LogP contribution is -2.46. The highest BCUT2D eigenvalue weighted by atomic mass is 16.5. The van der Waals surface area contributed by atoms with E-state index in [1.165, 1.54) is 57.8 Å². The van der Waals surface area contributed by atoms with Gasteiger partial charge in [-0.15, -0.1) is 0 Å². The van der Waals surface area contributed by atoms with Gasteiger partial charge in [-0.25, -0.2) is 0 Å². The molecule has 6 heteroatoms. The predicted molar refractivity (Wildman–Crippen MR) is 250 cm³/mol. The zero-order valence-electron chi connectivity index (χ0n) is 37.1. The number of aliphatic hydroxyl groups is 2. The first-order valence-corrected chi connectivity index (χ1v) is 23.2. The zero-order valence-corrected chi connectivity index (χ0v) is 37.1. The van der Waals surface area contributed by atoms with E-state index in [0.29, 0.717) is 19.3 Å². The monoisotopic (exact) mass is 804 g/mol. The molecule has 0 aromatic rings. The SMILES string of the molecule is CC/C=C/C=C/C=C\C=C/CCCCCC(=O)OC(/C=C/C/C=C/C/C=C/C/C=C/C/C=C/CC)CC(=O)NC(CO)C(O)CCCCCCCCCCCCCC. The van der Waals surface area contributed by atoms with E-state index in [2.05, 4.69) is 86.8 Å². The van der Waals surface area contributed by atoms with E-state index in [1.807, 2.05) is 42.5 Å². The summed E-state index contributed by atoms with van der Waals surface area (Å²) < 4.78 is 5.77. The Labute approximate surface area is 356 Å². The van der Waals surface area contributed by atoms with Crippen molar-refractivity contribution in [1.29, 1.82) is 0 Å². The quantitative estimate of drug-likeness (QED) is 0.0249. The highest BCUT2D eigenvalue weighted by Crippen LogP contribution is 2.15. The zero-order chi connectivity index (χ0) is 42.4. The summed E-state index contributed by atoms with van der Waals surface area (Å²) >= 11 is 0. The van der Waals surface area contributed by atoms with Crippen LogP contribution in [0.25, 0.3) is 0 Å². The van der Waals surface area contributed by atoms with Gasteiger partial charge >= 0.3 is 5.97 Å². The van der Waals surface area contributed by atoms with Crippen LogP contribution in [0.2, 0.25) is 0 Å². The molecule has 6 nitrogen and oxygen atoms in total. The number of rotatable bonds is 39. The lowest BCUT2D eigenvalue weighted by Gasteiger charge is -2.23. The summed E-state index contributed by atoms with van der Waals surface area (Å²) in [4.78, 5) is 25.9. The maximum atomic E-state index is 13.1. The number of hydrogen-bond acceptors (Lipinski definition) is 5. The van der Waals surface area contributed by atoms with Crippen molar-refractivity contribution < 1.29 is 24.5 Å². The third kappa shape index (κ3) is 39.4. The minimum atomic E-state index is -0.831. The van der Waals surface area contributed by atoms with Crippen molar-refractivity contribution in [3.8, 4) is 0 Å². The Kier molecular flexibility index (Phi) is 41.9. The third-order valence-electron chi connectivity index (χ3n) is 9.69. The van der Waals surface area contributed by atoms with Gasteiger partial charge in [0.25, 0.3) is 0 Å². The predicted octanol–water partition coefficient (Wildman–Crippen LogP) is 13.6. The van der Waals surface area contributed by atoms with E-state index in [-0.39, 0.29) is 24.9 Å². The Balaban J connectivity index is 4.86. The second-order valence-electron chi connectivity index (χ2n) is 15.1. The number of aliphatic hydroxyl groups excluding tert-OH is 2. The molecule has 0 spiro atoms. The van der Waals surface area contributed by atoms with Crippen LogP contribution in [-0.4, -0.2) is 46.9 Å². The molecular formula is C52H85NO5. The van der Waals surface area contributed by atoms with E-state index in [4.69, 9.17) is 4.74 Å². The lowest BCUT2D eigenvalue weighted by atomic mass is 10.0. The molecule has 0 heterocycles. The second-order valence-corrected chi connectivity index (χ2v) is 15.1. The minimum absolute atomic E-state index is 0.0688. The molecule has 0 aliphatic carbocycles. The molecule has 0 fully saturated rings. The van der Waals surface area contributed by atoms with Crippen molar-refractivity contribution in [2.75, 3.05) is 6.61 Å². The van der Waals surface area contributed by atoms with Crippen LogP contribution in [0.1, 0.15) is 181 Å². The number of nitrogens with one attached hydrogen (secondary N) is 1. The van der Waals surface area contributed by atoms with Gasteiger partial charge in [0.2, 0.25) is 5.91 Å². The standard InChI is InChI=1S/C52H85NO5/c1-4-7-10-13-16-19-22-25-27-28-31-34-37-40-43-48(58-52(57)45-42-39-36-33-30-26-23-20-17-14-11-8-5-2)46-51(56)53-49(47-54)50(55)44-41-38-35-32-29-24-21-18-15-12-9-6-3/h7-8,10-11,14,16-17,19-20,23,25-27,30-31,34,40,43,48-50,54-55H,4-6,9,12-13,15,18,21-22,24,28-29,32-33,35-39,41-42,44-47H2,1-3H3,(H,53,56)/b10-7+,11-8+,17-14+,19-16+,23-20-,27-25+,30-26-,34-31+,43-40+. The number of hydrogen-bond donors (Lipinski definition) is 3. The molecule has 0 aromatic heterocycles. The normalized spacial score (nSPS) is 14.4. The number of carbonyl (C=O) groups excluding carboxylic acids is 2. The maximum absolute atomic E-state index is 13.1. The Morgan fingerprint density at radius 1 is 0.552 bits per heavy atom. The van der Waals surface area contributed by atoms with Crippen molar-refractivity contribution in [2.45, 2.75) is 200 Å². The second kappa shape index (κ2) is 44.6. The molecule has 328 valence electrons. The van der Waals surface area contributed by atoms with Gasteiger partial charge in [-0.3, -0.25) is 9.59 Å². The van der Waals surface area contributed by atoms with Crippen LogP contribution < -0.4 is 5.32 Å². The van der Waals surface area contributed by atoms with Gasteiger partial charge in [0.05, 0.1) is 25.2 Å². The van der Waals surface area contributed by atoms with E-state index in [9.17, 15) is 19.8 Å². The third-order valence-corrected chi connectivity index (χ3v) is 9.69. The molecule has 58 heavy (non-hydrogen) atoms.